The number of carbonyl (C=O) groups is 1. The molecule has 0 bridgehead atoms. The van der Waals surface area contributed by atoms with Crippen LogP contribution in [0.25, 0.3) is 0 Å². The molecule has 27 heavy (non-hydrogen) atoms. The molecule has 1 atom stereocenters. The molecule has 0 aromatic heterocycles. The molecule has 1 amide bonds. The van der Waals surface area contributed by atoms with Gasteiger partial charge in [0.05, 0.1) is 13.2 Å². The van der Waals surface area contributed by atoms with Gasteiger partial charge in [-0.25, -0.2) is 0 Å². The van der Waals surface area contributed by atoms with E-state index in [9.17, 15) is 4.79 Å². The van der Waals surface area contributed by atoms with Crippen LogP contribution in [0.3, 0.4) is 0 Å². The molecule has 2 N–H and O–H groups in total. The van der Waals surface area contributed by atoms with Gasteiger partial charge in [0.1, 0.15) is 5.75 Å². The summed E-state index contributed by atoms with van der Waals surface area (Å²) in [7, 11) is 3.66. The smallest absolute Gasteiger partial charge is 0.252 e. The van der Waals surface area contributed by atoms with Crippen molar-refractivity contribution in [1.82, 2.24) is 10.6 Å². The molecule has 4 heteroatoms. The van der Waals surface area contributed by atoms with E-state index in [1.54, 1.807) is 7.11 Å². The predicted octanol–water partition coefficient (Wildman–Crippen LogP) is 4.32. The molecule has 0 heterocycles. The van der Waals surface area contributed by atoms with E-state index in [1.165, 1.54) is 12.8 Å². The second kappa shape index (κ2) is 8.13. The maximum atomic E-state index is 13.3. The topological polar surface area (TPSA) is 50.4 Å². The minimum Gasteiger partial charge on any atom is -0.497 e. The van der Waals surface area contributed by atoms with E-state index in [0.717, 1.165) is 40.8 Å². The highest BCUT2D eigenvalue weighted by Gasteiger charge is 2.41. The molecule has 144 valence electrons. The van der Waals surface area contributed by atoms with E-state index in [0.29, 0.717) is 0 Å². The molecule has 0 saturated heterocycles. The lowest BCUT2D eigenvalue weighted by atomic mass is 9.83. The van der Waals surface area contributed by atoms with Crippen LogP contribution in [0.2, 0.25) is 0 Å². The number of hydrogen-bond donors (Lipinski definition) is 2. The summed E-state index contributed by atoms with van der Waals surface area (Å²) in [6.07, 6.45) is 4.48. The number of benzene rings is 2. The average molecular weight is 367 g/mol. The number of methoxy groups -OCH3 is 1. The zero-order chi connectivity index (χ0) is 19.4. The van der Waals surface area contributed by atoms with Gasteiger partial charge in [0.2, 0.25) is 0 Å². The Bertz CT molecular complexity index is 772. The molecule has 0 radical (unpaired) electrons. The van der Waals surface area contributed by atoms with Crippen LogP contribution < -0.4 is 15.4 Å². The quantitative estimate of drug-likeness (QED) is 0.801. The molecule has 1 unspecified atom stereocenters. The van der Waals surface area contributed by atoms with Crippen molar-refractivity contribution in [2.75, 3.05) is 14.2 Å². The van der Waals surface area contributed by atoms with E-state index in [4.69, 9.17) is 4.74 Å². The summed E-state index contributed by atoms with van der Waals surface area (Å²) in [5.74, 6) is 0.756. The SMILES string of the molecule is CNC1(C(NC(=O)c2c(C)cc(OC)cc2C)c2ccccc2)CCCC1. The van der Waals surface area contributed by atoms with Crippen LogP contribution in [-0.2, 0) is 0 Å². The van der Waals surface area contributed by atoms with Gasteiger partial charge < -0.3 is 15.4 Å². The van der Waals surface area contributed by atoms with Crippen LogP contribution in [0, 0.1) is 13.8 Å². The third-order valence-corrected chi connectivity index (χ3v) is 5.92. The number of nitrogens with one attached hydrogen (secondary N) is 2. The maximum Gasteiger partial charge on any atom is 0.252 e. The van der Waals surface area contributed by atoms with Crippen molar-refractivity contribution in [3.63, 3.8) is 0 Å². The van der Waals surface area contributed by atoms with Crippen LogP contribution in [-0.4, -0.2) is 25.6 Å². The third-order valence-electron chi connectivity index (χ3n) is 5.92. The summed E-state index contributed by atoms with van der Waals surface area (Å²) < 4.78 is 5.33. The standard InChI is InChI=1S/C23H30N2O2/c1-16-14-19(27-4)15-17(2)20(16)22(26)25-21(18-10-6-5-7-11-18)23(24-3)12-8-9-13-23/h5-7,10-11,14-15,21,24H,8-9,12-13H2,1-4H3,(H,25,26). The highest BCUT2D eigenvalue weighted by Crippen LogP contribution is 2.40. The van der Waals surface area contributed by atoms with Gasteiger partial charge >= 0.3 is 0 Å². The lowest BCUT2D eigenvalue weighted by Crippen LogP contribution is -2.52. The molecule has 0 spiro atoms. The Kier molecular flexibility index (Phi) is 5.85. The van der Waals surface area contributed by atoms with Crippen molar-refractivity contribution in [3.05, 3.63) is 64.7 Å². The maximum absolute atomic E-state index is 13.3. The van der Waals surface area contributed by atoms with E-state index in [2.05, 4.69) is 22.8 Å². The minimum absolute atomic E-state index is 0.0250. The van der Waals surface area contributed by atoms with Crippen molar-refractivity contribution in [2.45, 2.75) is 51.1 Å². The Morgan fingerprint density at radius 1 is 1.07 bits per heavy atom. The summed E-state index contributed by atoms with van der Waals surface area (Å²) >= 11 is 0. The lowest BCUT2D eigenvalue weighted by molar-refractivity contribution is 0.0902. The number of ether oxygens (including phenoxy) is 1. The number of amides is 1. The van der Waals surface area contributed by atoms with E-state index < -0.39 is 0 Å². The van der Waals surface area contributed by atoms with Crippen LogP contribution in [0.1, 0.15) is 58.8 Å². The van der Waals surface area contributed by atoms with Crippen LogP contribution in [0.15, 0.2) is 42.5 Å². The highest BCUT2D eigenvalue weighted by atomic mass is 16.5. The van der Waals surface area contributed by atoms with E-state index in [-0.39, 0.29) is 17.5 Å². The molecule has 1 saturated carbocycles. The summed E-state index contributed by atoms with van der Waals surface area (Å²) in [6, 6.07) is 14.1. The second-order valence-corrected chi connectivity index (χ2v) is 7.57. The van der Waals surface area contributed by atoms with Crippen LogP contribution in [0.5, 0.6) is 5.75 Å². The fraction of sp³-hybridized carbons (Fsp3) is 0.435. The van der Waals surface area contributed by atoms with Gasteiger partial charge in [-0.05, 0) is 62.6 Å². The van der Waals surface area contributed by atoms with Gasteiger partial charge in [-0.3, -0.25) is 4.79 Å². The van der Waals surface area contributed by atoms with Gasteiger partial charge in [-0.2, -0.15) is 0 Å². The Morgan fingerprint density at radius 2 is 1.67 bits per heavy atom. The molecule has 2 aromatic carbocycles. The first kappa shape index (κ1) is 19.4. The first-order valence-corrected chi connectivity index (χ1v) is 9.71. The number of aryl methyl sites for hydroxylation is 2. The normalized spacial score (nSPS) is 16.7. The van der Waals surface area contributed by atoms with Crippen LogP contribution in [0.4, 0.5) is 0 Å². The molecule has 3 rings (SSSR count). The fourth-order valence-corrected chi connectivity index (χ4v) is 4.48. The number of hydrogen-bond acceptors (Lipinski definition) is 3. The number of carbonyl (C=O) groups excluding carboxylic acids is 1. The van der Waals surface area contributed by atoms with Gasteiger partial charge in [0, 0.05) is 11.1 Å². The fourth-order valence-electron chi connectivity index (χ4n) is 4.48. The monoisotopic (exact) mass is 366 g/mol. The lowest BCUT2D eigenvalue weighted by Gasteiger charge is -2.38. The van der Waals surface area contributed by atoms with Gasteiger partial charge in [0.15, 0.2) is 0 Å². The number of likely N-dealkylation sites (N-methyl/N-ethyl adjacent to an activating group) is 1. The molecule has 1 fully saturated rings. The first-order valence-electron chi connectivity index (χ1n) is 9.71. The Balaban J connectivity index is 1.97. The molecule has 4 nitrogen and oxygen atoms in total. The zero-order valence-corrected chi connectivity index (χ0v) is 16.8. The van der Waals surface area contributed by atoms with Crippen molar-refractivity contribution in [3.8, 4) is 5.75 Å². The summed E-state index contributed by atoms with van der Waals surface area (Å²) in [6.45, 7) is 3.93. The molecule has 2 aromatic rings. The largest absolute Gasteiger partial charge is 0.497 e. The zero-order valence-electron chi connectivity index (χ0n) is 16.8. The highest BCUT2D eigenvalue weighted by molar-refractivity contribution is 5.97. The predicted molar refractivity (Wildman–Crippen MR) is 109 cm³/mol. The van der Waals surface area contributed by atoms with E-state index in [1.807, 2.05) is 51.2 Å². The second-order valence-electron chi connectivity index (χ2n) is 7.57. The molecule has 0 aliphatic heterocycles. The van der Waals surface area contributed by atoms with Gasteiger partial charge in [-0.1, -0.05) is 43.2 Å². The third kappa shape index (κ3) is 3.86. The molecule has 1 aliphatic carbocycles. The summed E-state index contributed by atoms with van der Waals surface area (Å²) in [5.41, 5.74) is 3.64. The van der Waals surface area contributed by atoms with E-state index >= 15 is 0 Å². The van der Waals surface area contributed by atoms with Crippen LogP contribution >= 0.6 is 0 Å². The average Bonchev–Trinajstić information content (AvgIpc) is 3.16. The van der Waals surface area contributed by atoms with Crippen molar-refractivity contribution in [1.29, 1.82) is 0 Å². The van der Waals surface area contributed by atoms with Crippen molar-refractivity contribution < 1.29 is 9.53 Å². The van der Waals surface area contributed by atoms with Gasteiger partial charge in [0.25, 0.3) is 5.91 Å². The van der Waals surface area contributed by atoms with Crippen molar-refractivity contribution in [2.24, 2.45) is 0 Å². The molecular formula is C23H30N2O2. The number of rotatable bonds is 6. The first-order chi connectivity index (χ1) is 13.0. The van der Waals surface area contributed by atoms with Crippen molar-refractivity contribution >= 4 is 5.91 Å². The minimum atomic E-state index is -0.106. The van der Waals surface area contributed by atoms with Gasteiger partial charge in [-0.15, -0.1) is 0 Å². The summed E-state index contributed by atoms with van der Waals surface area (Å²) in [4.78, 5) is 13.3. The Hall–Kier alpha value is -2.33. The Morgan fingerprint density at radius 3 is 2.19 bits per heavy atom. The Labute approximate surface area is 162 Å². The summed E-state index contributed by atoms with van der Waals surface area (Å²) in [5, 5.41) is 6.91. The molecular weight excluding hydrogens is 336 g/mol. The molecule has 1 aliphatic rings.